The van der Waals surface area contributed by atoms with Gasteiger partial charge in [-0.3, -0.25) is 0 Å². The summed E-state index contributed by atoms with van der Waals surface area (Å²) in [5, 5.41) is 2.62. The summed E-state index contributed by atoms with van der Waals surface area (Å²) in [6, 6.07) is 3.87. The molecule has 1 aliphatic heterocycles. The molecule has 0 bridgehead atoms. The standard InChI is InChI=1S/C12H19N3O2S2/c1-13-8-10-4-3-5-14-12(10)15-6-7-18-9-11(15)19(2,16)17/h3-5,11,13H,6-9H2,1-2H3. The highest BCUT2D eigenvalue weighted by Crippen LogP contribution is 2.27. The first kappa shape index (κ1) is 14.6. The van der Waals surface area contributed by atoms with E-state index in [1.165, 1.54) is 6.26 Å². The first-order chi connectivity index (χ1) is 9.04. The molecule has 2 heterocycles. The van der Waals surface area contributed by atoms with Crippen LogP contribution in [0.25, 0.3) is 0 Å². The van der Waals surface area contributed by atoms with Gasteiger partial charge in [0.25, 0.3) is 0 Å². The van der Waals surface area contributed by atoms with E-state index in [9.17, 15) is 8.42 Å². The predicted molar refractivity (Wildman–Crippen MR) is 80.3 cm³/mol. The lowest BCUT2D eigenvalue weighted by atomic mass is 10.2. The van der Waals surface area contributed by atoms with E-state index in [1.807, 2.05) is 24.1 Å². The molecule has 1 aromatic rings. The second-order valence-corrected chi connectivity index (χ2v) is 7.92. The van der Waals surface area contributed by atoms with E-state index in [4.69, 9.17) is 0 Å². The van der Waals surface area contributed by atoms with Crippen LogP contribution in [0.5, 0.6) is 0 Å². The van der Waals surface area contributed by atoms with Gasteiger partial charge in [-0.25, -0.2) is 13.4 Å². The largest absolute Gasteiger partial charge is 0.338 e. The molecule has 1 saturated heterocycles. The van der Waals surface area contributed by atoms with Crippen molar-refractivity contribution in [1.82, 2.24) is 10.3 Å². The van der Waals surface area contributed by atoms with Gasteiger partial charge in [0, 0.05) is 42.6 Å². The summed E-state index contributed by atoms with van der Waals surface area (Å²) >= 11 is 1.68. The van der Waals surface area contributed by atoms with Crippen LogP contribution in [-0.4, -0.2) is 50.1 Å². The fourth-order valence-electron chi connectivity index (χ4n) is 2.20. The SMILES string of the molecule is CNCc1cccnc1N1CCSCC1S(C)(=O)=O. The van der Waals surface area contributed by atoms with Crippen molar-refractivity contribution in [1.29, 1.82) is 0 Å². The minimum atomic E-state index is -3.11. The van der Waals surface area contributed by atoms with Gasteiger partial charge in [-0.2, -0.15) is 11.8 Å². The van der Waals surface area contributed by atoms with Gasteiger partial charge in [-0.1, -0.05) is 6.07 Å². The Hall–Kier alpha value is -0.790. The molecule has 2 rings (SSSR count). The molecular formula is C12H19N3O2S2. The second-order valence-electron chi connectivity index (χ2n) is 4.57. The van der Waals surface area contributed by atoms with E-state index < -0.39 is 15.2 Å². The van der Waals surface area contributed by atoms with Crippen LogP contribution in [0.3, 0.4) is 0 Å². The first-order valence-corrected chi connectivity index (χ1v) is 9.26. The predicted octanol–water partition coefficient (Wildman–Crippen LogP) is 0.725. The zero-order valence-corrected chi connectivity index (χ0v) is 12.8. The van der Waals surface area contributed by atoms with Gasteiger partial charge < -0.3 is 10.2 Å². The number of sulfone groups is 1. The Labute approximate surface area is 118 Å². The first-order valence-electron chi connectivity index (χ1n) is 6.16. The van der Waals surface area contributed by atoms with E-state index in [2.05, 4.69) is 10.3 Å². The summed E-state index contributed by atoms with van der Waals surface area (Å²) in [5.41, 5.74) is 1.03. The van der Waals surface area contributed by atoms with E-state index >= 15 is 0 Å². The minimum absolute atomic E-state index is 0.475. The molecule has 19 heavy (non-hydrogen) atoms. The van der Waals surface area contributed by atoms with Gasteiger partial charge in [-0.05, 0) is 13.1 Å². The molecule has 106 valence electrons. The quantitative estimate of drug-likeness (QED) is 0.884. The molecule has 1 unspecified atom stereocenters. The number of nitrogens with zero attached hydrogens (tertiary/aromatic N) is 2. The van der Waals surface area contributed by atoms with Crippen molar-refractivity contribution in [2.45, 2.75) is 11.9 Å². The lowest BCUT2D eigenvalue weighted by Gasteiger charge is -2.36. The number of aromatic nitrogens is 1. The third kappa shape index (κ3) is 3.40. The number of thioether (sulfide) groups is 1. The van der Waals surface area contributed by atoms with Crippen LogP contribution in [0.15, 0.2) is 18.3 Å². The summed E-state index contributed by atoms with van der Waals surface area (Å²) in [6.45, 7) is 1.40. The molecule has 0 saturated carbocycles. The summed E-state index contributed by atoms with van der Waals surface area (Å²) < 4.78 is 23.9. The zero-order valence-electron chi connectivity index (χ0n) is 11.2. The van der Waals surface area contributed by atoms with Crippen molar-refractivity contribution in [3.8, 4) is 0 Å². The highest BCUT2D eigenvalue weighted by atomic mass is 32.2. The molecule has 5 nitrogen and oxygen atoms in total. The van der Waals surface area contributed by atoms with Crippen molar-refractivity contribution >= 4 is 27.4 Å². The molecular weight excluding hydrogens is 282 g/mol. The smallest absolute Gasteiger partial charge is 0.169 e. The van der Waals surface area contributed by atoms with E-state index in [0.717, 1.165) is 23.7 Å². The summed E-state index contributed by atoms with van der Waals surface area (Å²) in [4.78, 5) is 6.33. The summed E-state index contributed by atoms with van der Waals surface area (Å²) in [5.74, 6) is 2.32. The van der Waals surface area contributed by atoms with Gasteiger partial charge in [0.2, 0.25) is 0 Å². The van der Waals surface area contributed by atoms with Gasteiger partial charge in [0.15, 0.2) is 9.84 Å². The van der Waals surface area contributed by atoms with Crippen LogP contribution in [0.1, 0.15) is 5.56 Å². The third-order valence-corrected chi connectivity index (χ3v) is 5.73. The maximum Gasteiger partial charge on any atom is 0.169 e. The maximum atomic E-state index is 11.9. The third-order valence-electron chi connectivity index (χ3n) is 3.09. The number of anilines is 1. The average molecular weight is 301 g/mol. The zero-order chi connectivity index (χ0) is 13.9. The molecule has 0 radical (unpaired) electrons. The van der Waals surface area contributed by atoms with Crippen molar-refractivity contribution in [3.63, 3.8) is 0 Å². The van der Waals surface area contributed by atoms with Crippen LogP contribution < -0.4 is 10.2 Å². The van der Waals surface area contributed by atoms with Crippen molar-refractivity contribution < 1.29 is 8.42 Å². The van der Waals surface area contributed by atoms with Crippen molar-refractivity contribution in [2.24, 2.45) is 0 Å². The van der Waals surface area contributed by atoms with E-state index in [1.54, 1.807) is 18.0 Å². The molecule has 1 aliphatic rings. The molecule has 0 spiro atoms. The van der Waals surface area contributed by atoms with Gasteiger partial charge in [0.05, 0.1) is 0 Å². The van der Waals surface area contributed by atoms with Crippen molar-refractivity contribution in [3.05, 3.63) is 23.9 Å². The van der Waals surface area contributed by atoms with Gasteiger partial charge in [0.1, 0.15) is 11.2 Å². The van der Waals surface area contributed by atoms with Gasteiger partial charge >= 0.3 is 0 Å². The average Bonchev–Trinajstić information content (AvgIpc) is 2.39. The Balaban J connectivity index is 2.37. The topological polar surface area (TPSA) is 62.3 Å². The molecule has 0 aromatic carbocycles. The van der Waals surface area contributed by atoms with Crippen LogP contribution in [0, 0.1) is 0 Å². The van der Waals surface area contributed by atoms with Crippen LogP contribution in [-0.2, 0) is 16.4 Å². The lowest BCUT2D eigenvalue weighted by Crippen LogP contribution is -2.47. The van der Waals surface area contributed by atoms with Gasteiger partial charge in [-0.15, -0.1) is 0 Å². The van der Waals surface area contributed by atoms with E-state index in [0.29, 0.717) is 12.3 Å². The molecule has 1 aromatic heterocycles. The highest BCUT2D eigenvalue weighted by Gasteiger charge is 2.32. The van der Waals surface area contributed by atoms with E-state index in [-0.39, 0.29) is 0 Å². The highest BCUT2D eigenvalue weighted by molar-refractivity contribution is 8.01. The maximum absolute atomic E-state index is 11.9. The second kappa shape index (κ2) is 6.11. The van der Waals surface area contributed by atoms with Crippen LogP contribution >= 0.6 is 11.8 Å². The summed E-state index contributed by atoms with van der Waals surface area (Å²) in [7, 11) is -1.24. The number of hydrogen-bond donors (Lipinski definition) is 1. The molecule has 1 fully saturated rings. The number of pyridine rings is 1. The Morgan fingerprint density at radius 3 is 3.05 bits per heavy atom. The molecule has 0 aliphatic carbocycles. The lowest BCUT2D eigenvalue weighted by molar-refractivity contribution is 0.583. The fourth-order valence-corrected chi connectivity index (χ4v) is 5.01. The van der Waals surface area contributed by atoms with Crippen LogP contribution in [0.2, 0.25) is 0 Å². The minimum Gasteiger partial charge on any atom is -0.338 e. The Morgan fingerprint density at radius 2 is 2.37 bits per heavy atom. The van der Waals surface area contributed by atoms with Crippen molar-refractivity contribution in [2.75, 3.05) is 36.3 Å². The molecule has 1 atom stereocenters. The van der Waals surface area contributed by atoms with Crippen LogP contribution in [0.4, 0.5) is 5.82 Å². The normalized spacial score (nSPS) is 20.5. The molecule has 1 N–H and O–H groups in total. The summed E-state index contributed by atoms with van der Waals surface area (Å²) in [6.07, 6.45) is 3.02. The fraction of sp³-hybridized carbons (Fsp3) is 0.583. The number of rotatable bonds is 4. The number of nitrogens with one attached hydrogen (secondary N) is 1. The Bertz CT molecular complexity index is 534. The molecule has 0 amide bonds. The monoisotopic (exact) mass is 301 g/mol. The molecule has 7 heteroatoms. The number of hydrogen-bond acceptors (Lipinski definition) is 6. The Morgan fingerprint density at radius 1 is 1.58 bits per heavy atom. The Kier molecular flexibility index (Phi) is 4.70.